The lowest BCUT2D eigenvalue weighted by atomic mass is 10.2. The van der Waals surface area contributed by atoms with E-state index in [1.54, 1.807) is 31.2 Å². The Bertz CT molecular complexity index is 743. The van der Waals surface area contributed by atoms with Gasteiger partial charge >= 0.3 is 0 Å². The van der Waals surface area contributed by atoms with Crippen molar-refractivity contribution in [2.45, 2.75) is 45.3 Å². The van der Waals surface area contributed by atoms with Crippen LogP contribution >= 0.6 is 11.6 Å². The molecule has 6 heteroatoms. The van der Waals surface area contributed by atoms with Gasteiger partial charge < -0.3 is 15.0 Å². The molecule has 1 aromatic carbocycles. The molecule has 1 saturated heterocycles. The number of aromatic nitrogens is 1. The standard InChI is InChI=1S/C21H26ClN3O2/c1-16(27-19-8-6-18(22)7-9-19)21(26)24-15-17-10-11-23-20(14-17)25-12-4-2-3-5-13-25/h6-11,14,16H,2-5,12-13,15H2,1H3,(H,24,26). The third-order valence-corrected chi connectivity index (χ3v) is 4.95. The summed E-state index contributed by atoms with van der Waals surface area (Å²) in [5.74, 6) is 1.46. The van der Waals surface area contributed by atoms with Gasteiger partial charge in [0.15, 0.2) is 6.10 Å². The van der Waals surface area contributed by atoms with Gasteiger partial charge in [-0.15, -0.1) is 0 Å². The number of halogens is 1. The molecule has 1 aliphatic heterocycles. The minimum atomic E-state index is -0.585. The molecule has 1 amide bonds. The van der Waals surface area contributed by atoms with Crippen LogP contribution in [0, 0.1) is 0 Å². The number of hydrogen-bond acceptors (Lipinski definition) is 4. The molecule has 0 bridgehead atoms. The number of ether oxygens (including phenoxy) is 1. The average Bonchev–Trinajstić information content (AvgIpc) is 2.97. The van der Waals surface area contributed by atoms with Gasteiger partial charge in [0.2, 0.25) is 0 Å². The number of rotatable bonds is 6. The molecule has 27 heavy (non-hydrogen) atoms. The van der Waals surface area contributed by atoms with Crippen LogP contribution in [-0.2, 0) is 11.3 Å². The van der Waals surface area contributed by atoms with Crippen LogP contribution in [0.1, 0.15) is 38.2 Å². The number of hydrogen-bond donors (Lipinski definition) is 1. The van der Waals surface area contributed by atoms with E-state index in [9.17, 15) is 4.79 Å². The van der Waals surface area contributed by atoms with Crippen molar-refractivity contribution < 1.29 is 9.53 Å². The van der Waals surface area contributed by atoms with Crippen molar-refractivity contribution in [2.24, 2.45) is 0 Å². The van der Waals surface area contributed by atoms with E-state index in [-0.39, 0.29) is 5.91 Å². The molecule has 1 unspecified atom stereocenters. The third-order valence-electron chi connectivity index (χ3n) is 4.70. The van der Waals surface area contributed by atoms with E-state index in [0.29, 0.717) is 17.3 Å². The highest BCUT2D eigenvalue weighted by molar-refractivity contribution is 6.30. The predicted molar refractivity (Wildman–Crippen MR) is 108 cm³/mol. The van der Waals surface area contributed by atoms with Crippen LogP contribution in [0.3, 0.4) is 0 Å². The largest absolute Gasteiger partial charge is 0.481 e. The molecule has 0 saturated carbocycles. The maximum Gasteiger partial charge on any atom is 0.261 e. The van der Waals surface area contributed by atoms with E-state index in [1.165, 1.54) is 25.7 Å². The topological polar surface area (TPSA) is 54.5 Å². The van der Waals surface area contributed by atoms with E-state index in [0.717, 1.165) is 24.5 Å². The van der Waals surface area contributed by atoms with Crippen molar-refractivity contribution in [3.05, 3.63) is 53.2 Å². The number of carbonyl (C=O) groups excluding carboxylic acids is 1. The summed E-state index contributed by atoms with van der Waals surface area (Å²) in [5, 5.41) is 3.57. The van der Waals surface area contributed by atoms with Crippen molar-refractivity contribution in [1.29, 1.82) is 0 Å². The summed E-state index contributed by atoms with van der Waals surface area (Å²) < 4.78 is 5.66. The molecule has 0 aliphatic carbocycles. The van der Waals surface area contributed by atoms with Crippen LogP contribution in [0.4, 0.5) is 5.82 Å². The number of pyridine rings is 1. The van der Waals surface area contributed by atoms with Gasteiger partial charge in [-0.3, -0.25) is 4.79 Å². The molecule has 1 aliphatic rings. The van der Waals surface area contributed by atoms with Gasteiger partial charge in [0.25, 0.3) is 5.91 Å². The smallest absolute Gasteiger partial charge is 0.261 e. The first kappa shape index (κ1) is 19.5. The second-order valence-electron chi connectivity index (χ2n) is 6.86. The van der Waals surface area contributed by atoms with Crippen LogP contribution in [0.25, 0.3) is 0 Å². The third kappa shape index (κ3) is 5.86. The molecule has 1 atom stereocenters. The van der Waals surface area contributed by atoms with Gasteiger partial charge in [-0.2, -0.15) is 0 Å². The summed E-state index contributed by atoms with van der Waals surface area (Å²) in [6.45, 7) is 4.29. The van der Waals surface area contributed by atoms with Crippen LogP contribution in [0.2, 0.25) is 5.02 Å². The maximum absolute atomic E-state index is 12.3. The van der Waals surface area contributed by atoms with Crippen LogP contribution in [-0.4, -0.2) is 30.1 Å². The maximum atomic E-state index is 12.3. The summed E-state index contributed by atoms with van der Waals surface area (Å²) in [7, 11) is 0. The van der Waals surface area contributed by atoms with Crippen molar-refractivity contribution >= 4 is 23.3 Å². The molecule has 1 N–H and O–H groups in total. The first-order valence-electron chi connectivity index (χ1n) is 9.51. The minimum absolute atomic E-state index is 0.155. The van der Waals surface area contributed by atoms with Crippen LogP contribution in [0.5, 0.6) is 5.75 Å². The van der Waals surface area contributed by atoms with Gasteiger partial charge in [-0.25, -0.2) is 4.98 Å². The van der Waals surface area contributed by atoms with Crippen molar-refractivity contribution in [2.75, 3.05) is 18.0 Å². The van der Waals surface area contributed by atoms with Crippen molar-refractivity contribution in [3.8, 4) is 5.75 Å². The van der Waals surface area contributed by atoms with E-state index < -0.39 is 6.10 Å². The molecular weight excluding hydrogens is 362 g/mol. The summed E-state index contributed by atoms with van der Waals surface area (Å²) in [5.41, 5.74) is 1.04. The van der Waals surface area contributed by atoms with E-state index in [1.807, 2.05) is 12.3 Å². The lowest BCUT2D eigenvalue weighted by Gasteiger charge is -2.22. The zero-order valence-corrected chi connectivity index (χ0v) is 16.4. The van der Waals surface area contributed by atoms with Gasteiger partial charge in [0.05, 0.1) is 0 Å². The first-order valence-corrected chi connectivity index (χ1v) is 9.89. The second kappa shape index (κ2) is 9.60. The fourth-order valence-corrected chi connectivity index (χ4v) is 3.27. The van der Waals surface area contributed by atoms with Crippen molar-refractivity contribution in [3.63, 3.8) is 0 Å². The van der Waals surface area contributed by atoms with E-state index >= 15 is 0 Å². The molecule has 1 aromatic heterocycles. The Kier molecular flexibility index (Phi) is 6.93. The quantitative estimate of drug-likeness (QED) is 0.807. The average molecular weight is 388 g/mol. The molecule has 3 rings (SSSR count). The molecule has 2 heterocycles. The zero-order valence-electron chi connectivity index (χ0n) is 15.7. The van der Waals surface area contributed by atoms with Crippen LogP contribution in [0.15, 0.2) is 42.6 Å². The summed E-state index contributed by atoms with van der Waals surface area (Å²) in [4.78, 5) is 19.2. The van der Waals surface area contributed by atoms with Gasteiger partial charge in [-0.1, -0.05) is 24.4 Å². The molecule has 144 valence electrons. The normalized spacial score (nSPS) is 15.7. The highest BCUT2D eigenvalue weighted by atomic mass is 35.5. The van der Waals surface area contributed by atoms with Crippen molar-refractivity contribution in [1.82, 2.24) is 10.3 Å². The molecular formula is C21H26ClN3O2. The van der Waals surface area contributed by atoms with Crippen LogP contribution < -0.4 is 15.0 Å². The number of anilines is 1. The summed E-state index contributed by atoms with van der Waals surface area (Å²) in [6, 6.07) is 11.0. The lowest BCUT2D eigenvalue weighted by molar-refractivity contribution is -0.127. The van der Waals surface area contributed by atoms with Gasteiger partial charge in [0.1, 0.15) is 11.6 Å². The van der Waals surface area contributed by atoms with E-state index in [4.69, 9.17) is 16.3 Å². The zero-order chi connectivity index (χ0) is 19.1. The summed E-state index contributed by atoms with van der Waals surface area (Å²) >= 11 is 5.86. The monoisotopic (exact) mass is 387 g/mol. The molecule has 5 nitrogen and oxygen atoms in total. The molecule has 0 spiro atoms. The molecule has 0 radical (unpaired) electrons. The number of amides is 1. The molecule has 2 aromatic rings. The number of carbonyl (C=O) groups is 1. The Morgan fingerprint density at radius 1 is 1.19 bits per heavy atom. The Balaban J connectivity index is 1.53. The highest BCUT2D eigenvalue weighted by Gasteiger charge is 2.15. The lowest BCUT2D eigenvalue weighted by Crippen LogP contribution is -2.36. The number of nitrogens with zero attached hydrogens (tertiary/aromatic N) is 2. The Labute approximate surface area is 165 Å². The highest BCUT2D eigenvalue weighted by Crippen LogP contribution is 2.19. The number of benzene rings is 1. The van der Waals surface area contributed by atoms with E-state index in [2.05, 4.69) is 21.3 Å². The second-order valence-corrected chi connectivity index (χ2v) is 7.29. The first-order chi connectivity index (χ1) is 13.1. The van der Waals surface area contributed by atoms with Gasteiger partial charge in [0, 0.05) is 30.9 Å². The SMILES string of the molecule is CC(Oc1ccc(Cl)cc1)C(=O)NCc1ccnc(N2CCCCCC2)c1. The minimum Gasteiger partial charge on any atom is -0.481 e. The Morgan fingerprint density at radius 3 is 2.59 bits per heavy atom. The molecule has 1 fully saturated rings. The van der Waals surface area contributed by atoms with Gasteiger partial charge in [-0.05, 0) is 61.7 Å². The fraction of sp³-hybridized carbons (Fsp3) is 0.429. The number of nitrogens with one attached hydrogen (secondary N) is 1. The Morgan fingerprint density at radius 2 is 1.89 bits per heavy atom. The predicted octanol–water partition coefficient (Wildman–Crippen LogP) is 4.20. The fourth-order valence-electron chi connectivity index (χ4n) is 3.15. The summed E-state index contributed by atoms with van der Waals surface area (Å²) in [6.07, 6.45) is 6.23. The Hall–Kier alpha value is -2.27.